The third-order valence-corrected chi connectivity index (χ3v) is 11.5. The molecule has 4 saturated carbocycles. The first-order valence-corrected chi connectivity index (χ1v) is 14.6. The standard InChI is InChI=1S/C31H44O7/c1-18(9-12-27(35)38-29(36)37-21-7-5-4-6-8-21)22-10-11-23-28-24(17-26(34)31(22,23)3)30(2)14-13-20(32)15-19(30)16-25(28)33/h4-8,18-20,22-26,28,32-34H,9-17H2,1-3H3. The molecule has 1 aromatic carbocycles. The zero-order valence-electron chi connectivity index (χ0n) is 22.9. The van der Waals surface area contributed by atoms with Crippen LogP contribution in [0.1, 0.15) is 78.6 Å². The van der Waals surface area contributed by atoms with Gasteiger partial charge in [-0.25, -0.2) is 4.79 Å². The molecule has 7 heteroatoms. The predicted octanol–water partition coefficient (Wildman–Crippen LogP) is 5.11. The topological polar surface area (TPSA) is 113 Å². The molecule has 0 saturated heterocycles. The number of hydrogen-bond donors (Lipinski definition) is 3. The van der Waals surface area contributed by atoms with Crippen LogP contribution in [0.2, 0.25) is 0 Å². The van der Waals surface area contributed by atoms with E-state index in [1.807, 2.05) is 0 Å². The van der Waals surface area contributed by atoms with Crippen LogP contribution in [0.5, 0.6) is 5.75 Å². The van der Waals surface area contributed by atoms with Crippen molar-refractivity contribution in [2.24, 2.45) is 46.3 Å². The van der Waals surface area contributed by atoms with Gasteiger partial charge >= 0.3 is 12.1 Å². The largest absolute Gasteiger partial charge is 0.521 e. The highest BCUT2D eigenvalue weighted by Crippen LogP contribution is 2.68. The average molecular weight is 529 g/mol. The van der Waals surface area contributed by atoms with E-state index in [-0.39, 0.29) is 52.9 Å². The lowest BCUT2D eigenvalue weighted by Crippen LogP contribution is -2.62. The Bertz CT molecular complexity index is 1010. The minimum Gasteiger partial charge on any atom is -0.395 e. The molecule has 0 aliphatic heterocycles. The van der Waals surface area contributed by atoms with Gasteiger partial charge in [0.25, 0.3) is 0 Å². The van der Waals surface area contributed by atoms with Crippen LogP contribution in [0.3, 0.4) is 0 Å². The van der Waals surface area contributed by atoms with Gasteiger partial charge < -0.3 is 24.8 Å². The molecule has 11 unspecified atom stereocenters. The third kappa shape index (κ3) is 4.79. The van der Waals surface area contributed by atoms with Crippen molar-refractivity contribution in [3.8, 4) is 5.75 Å². The lowest BCUT2D eigenvalue weighted by molar-refractivity contribution is -0.207. The van der Waals surface area contributed by atoms with Gasteiger partial charge in [0, 0.05) is 6.42 Å². The summed E-state index contributed by atoms with van der Waals surface area (Å²) in [5.74, 6) is 1.05. The molecule has 38 heavy (non-hydrogen) atoms. The van der Waals surface area contributed by atoms with Crippen LogP contribution in [0, 0.1) is 46.3 Å². The summed E-state index contributed by atoms with van der Waals surface area (Å²) in [6.07, 6.45) is 4.36. The van der Waals surface area contributed by atoms with E-state index in [4.69, 9.17) is 9.47 Å². The average Bonchev–Trinajstić information content (AvgIpc) is 3.23. The van der Waals surface area contributed by atoms with Crippen molar-refractivity contribution in [1.82, 2.24) is 0 Å². The number of ether oxygens (including phenoxy) is 2. The summed E-state index contributed by atoms with van der Waals surface area (Å²) in [4.78, 5) is 24.4. The lowest BCUT2D eigenvalue weighted by atomic mass is 9.43. The smallest absolute Gasteiger partial charge is 0.395 e. The number of aliphatic hydroxyl groups excluding tert-OH is 3. The Balaban J connectivity index is 1.22. The Kier molecular flexibility index (Phi) is 7.66. The van der Waals surface area contributed by atoms with E-state index in [0.717, 1.165) is 38.5 Å². The van der Waals surface area contributed by atoms with E-state index in [0.29, 0.717) is 24.5 Å². The Morgan fingerprint density at radius 3 is 2.47 bits per heavy atom. The van der Waals surface area contributed by atoms with Gasteiger partial charge in [0.2, 0.25) is 0 Å². The van der Waals surface area contributed by atoms with E-state index in [9.17, 15) is 24.9 Å². The van der Waals surface area contributed by atoms with Crippen molar-refractivity contribution < 1.29 is 34.4 Å². The van der Waals surface area contributed by atoms with E-state index < -0.39 is 24.3 Å². The lowest BCUT2D eigenvalue weighted by Gasteiger charge is -2.63. The number of rotatable bonds is 5. The van der Waals surface area contributed by atoms with E-state index in [1.165, 1.54) is 0 Å². The second kappa shape index (κ2) is 10.5. The monoisotopic (exact) mass is 528 g/mol. The predicted molar refractivity (Wildman–Crippen MR) is 141 cm³/mol. The van der Waals surface area contributed by atoms with Gasteiger partial charge in [0.1, 0.15) is 5.75 Å². The first-order chi connectivity index (χ1) is 18.0. The van der Waals surface area contributed by atoms with Crippen molar-refractivity contribution in [2.45, 2.75) is 96.9 Å². The van der Waals surface area contributed by atoms with Crippen LogP contribution < -0.4 is 4.74 Å². The molecule has 0 heterocycles. The molecule has 1 aromatic rings. The quantitative estimate of drug-likeness (QED) is 0.277. The number of para-hydroxylation sites is 1. The van der Waals surface area contributed by atoms with Crippen molar-refractivity contribution in [3.63, 3.8) is 0 Å². The third-order valence-electron chi connectivity index (χ3n) is 11.5. The van der Waals surface area contributed by atoms with Gasteiger partial charge in [-0.3, -0.25) is 4.79 Å². The molecule has 0 spiro atoms. The molecule has 4 aliphatic rings. The number of fused-ring (bicyclic) bond motifs is 5. The second-order valence-electron chi connectivity index (χ2n) is 13.2. The molecule has 4 fully saturated rings. The van der Waals surface area contributed by atoms with Gasteiger partial charge in [0.05, 0.1) is 18.3 Å². The van der Waals surface area contributed by atoms with Crippen LogP contribution in [0.25, 0.3) is 0 Å². The first kappa shape index (κ1) is 27.6. The van der Waals surface area contributed by atoms with Crippen LogP contribution in [0.4, 0.5) is 4.79 Å². The van der Waals surface area contributed by atoms with E-state index >= 15 is 0 Å². The second-order valence-corrected chi connectivity index (χ2v) is 13.2. The van der Waals surface area contributed by atoms with E-state index in [2.05, 4.69) is 20.8 Å². The molecule has 0 bridgehead atoms. The highest BCUT2D eigenvalue weighted by molar-refractivity contribution is 5.82. The first-order valence-electron chi connectivity index (χ1n) is 14.6. The summed E-state index contributed by atoms with van der Waals surface area (Å²) < 4.78 is 9.93. The van der Waals surface area contributed by atoms with Crippen LogP contribution in [-0.2, 0) is 9.53 Å². The van der Waals surface area contributed by atoms with Gasteiger partial charge in [-0.2, -0.15) is 0 Å². The Hall–Kier alpha value is -1.96. The minimum atomic E-state index is -1.02. The van der Waals surface area contributed by atoms with Crippen LogP contribution >= 0.6 is 0 Å². The van der Waals surface area contributed by atoms with E-state index in [1.54, 1.807) is 30.3 Å². The summed E-state index contributed by atoms with van der Waals surface area (Å²) in [6, 6.07) is 8.50. The maximum atomic E-state index is 12.4. The van der Waals surface area contributed by atoms with Gasteiger partial charge in [-0.05, 0) is 110 Å². The van der Waals surface area contributed by atoms with Gasteiger partial charge in [-0.15, -0.1) is 0 Å². The molecule has 5 rings (SSSR count). The highest BCUT2D eigenvalue weighted by atomic mass is 16.7. The fourth-order valence-corrected chi connectivity index (χ4v) is 9.43. The molecule has 0 amide bonds. The molecule has 210 valence electrons. The Morgan fingerprint density at radius 1 is 1.00 bits per heavy atom. The highest BCUT2D eigenvalue weighted by Gasteiger charge is 2.65. The number of carbonyl (C=O) groups is 2. The van der Waals surface area contributed by atoms with Crippen LogP contribution in [-0.4, -0.2) is 45.8 Å². The molecule has 0 aromatic heterocycles. The molecular formula is C31H44O7. The maximum absolute atomic E-state index is 12.4. The summed E-state index contributed by atoms with van der Waals surface area (Å²) in [7, 11) is 0. The summed E-state index contributed by atoms with van der Waals surface area (Å²) in [5.41, 5.74) is -0.275. The zero-order chi connectivity index (χ0) is 27.2. The fourth-order valence-electron chi connectivity index (χ4n) is 9.43. The number of carbonyl (C=O) groups excluding carboxylic acids is 2. The summed E-state index contributed by atoms with van der Waals surface area (Å²) in [5, 5.41) is 33.4. The maximum Gasteiger partial charge on any atom is 0.521 e. The summed E-state index contributed by atoms with van der Waals surface area (Å²) >= 11 is 0. The molecular weight excluding hydrogens is 484 g/mol. The van der Waals surface area contributed by atoms with Crippen molar-refractivity contribution in [2.75, 3.05) is 0 Å². The summed E-state index contributed by atoms with van der Waals surface area (Å²) in [6.45, 7) is 6.67. The zero-order valence-corrected chi connectivity index (χ0v) is 22.9. The van der Waals surface area contributed by atoms with Gasteiger partial charge in [-0.1, -0.05) is 39.0 Å². The molecule has 4 aliphatic carbocycles. The molecule has 0 radical (unpaired) electrons. The number of aliphatic hydroxyl groups is 3. The Labute approximate surface area is 225 Å². The number of esters is 1. The normalized spacial score (nSPS) is 42.8. The van der Waals surface area contributed by atoms with Crippen LogP contribution in [0.15, 0.2) is 30.3 Å². The molecule has 11 atom stereocenters. The van der Waals surface area contributed by atoms with Crippen molar-refractivity contribution in [1.29, 1.82) is 0 Å². The minimum absolute atomic E-state index is 0.0489. The number of hydrogen-bond acceptors (Lipinski definition) is 7. The van der Waals surface area contributed by atoms with Crippen molar-refractivity contribution >= 4 is 12.1 Å². The Morgan fingerprint density at radius 2 is 1.74 bits per heavy atom. The van der Waals surface area contributed by atoms with Gasteiger partial charge in [0.15, 0.2) is 0 Å². The fraction of sp³-hybridized carbons (Fsp3) is 0.742. The number of benzene rings is 1. The SMILES string of the molecule is CC(CCC(=O)OC(=O)Oc1ccccc1)C1CCC2C3C(O)CC4CC(O)CCC4(C)C3CC(O)C12C. The molecule has 7 nitrogen and oxygen atoms in total. The van der Waals surface area contributed by atoms with Crippen molar-refractivity contribution in [3.05, 3.63) is 30.3 Å². The molecule has 3 N–H and O–H groups in total.